The molecule has 4 heterocycles. The zero-order valence-electron chi connectivity index (χ0n) is 24.2. The highest BCUT2D eigenvalue weighted by atomic mass is 16.4. The van der Waals surface area contributed by atoms with Gasteiger partial charge in [-0.1, -0.05) is 12.1 Å². The number of aromatic carboxylic acids is 1. The summed E-state index contributed by atoms with van der Waals surface area (Å²) in [5, 5.41) is 24.3. The lowest BCUT2D eigenvalue weighted by Gasteiger charge is -2.37. The number of carbonyl (C=O) groups is 1. The number of benzene rings is 2. The summed E-state index contributed by atoms with van der Waals surface area (Å²) in [7, 11) is 0. The Labute approximate surface area is 248 Å². The summed E-state index contributed by atoms with van der Waals surface area (Å²) >= 11 is 0. The number of nitrogens with one attached hydrogen (secondary N) is 1. The van der Waals surface area contributed by atoms with Crippen molar-refractivity contribution in [3.8, 4) is 6.07 Å². The van der Waals surface area contributed by atoms with Crippen LogP contribution in [0, 0.1) is 25.2 Å². The number of piperazine rings is 1. The molecular weight excluding hydrogens is 542 g/mol. The van der Waals surface area contributed by atoms with Crippen molar-refractivity contribution < 1.29 is 9.90 Å². The topological polar surface area (TPSA) is 127 Å². The van der Waals surface area contributed by atoms with Crippen LogP contribution in [0.3, 0.4) is 0 Å². The van der Waals surface area contributed by atoms with Gasteiger partial charge in [-0.2, -0.15) is 5.26 Å². The second-order valence-corrected chi connectivity index (χ2v) is 10.9. The van der Waals surface area contributed by atoms with E-state index in [1.165, 1.54) is 0 Å². The fraction of sp³-hybridized carbons (Fsp3) is 0.242. The number of anilines is 3. The van der Waals surface area contributed by atoms with Crippen molar-refractivity contribution >= 4 is 39.6 Å². The number of aryl methyl sites for hydroxylation is 1. The Balaban J connectivity index is 1.33. The molecule has 0 bridgehead atoms. The number of aromatic nitrogens is 3. The summed E-state index contributed by atoms with van der Waals surface area (Å²) in [5.74, 6) is -0.358. The monoisotopic (exact) mass is 573 g/mol. The third kappa shape index (κ3) is 4.99. The van der Waals surface area contributed by atoms with Crippen molar-refractivity contribution in [1.29, 1.82) is 5.26 Å². The smallest absolute Gasteiger partial charge is 0.337 e. The number of fused-ring (bicyclic) bond motifs is 2. The van der Waals surface area contributed by atoms with Crippen LogP contribution in [0.2, 0.25) is 0 Å². The normalized spacial score (nSPS) is 14.1. The molecular formula is C33H31N7O3. The first kappa shape index (κ1) is 27.7. The lowest BCUT2D eigenvalue weighted by molar-refractivity contribution is 0.0698. The number of rotatable bonds is 6. The summed E-state index contributed by atoms with van der Waals surface area (Å²) < 4.78 is 1.60. The standard InChI is InChI=1S/C33H31N7O3/c1-20-16-26(22(3)36-28-7-5-4-6-25(28)33(42)43)31-37-30(21(2)32(41)40(31)19-20)39-14-12-38(13-15-39)29-9-8-23(17-34)27-18-35-11-10-24(27)29/h4-11,16,18-19,22,36H,12-15H2,1-3H3,(H,42,43)/t22-/m1/s1. The van der Waals surface area contributed by atoms with Gasteiger partial charge < -0.3 is 20.2 Å². The second kappa shape index (κ2) is 11.1. The molecule has 3 aromatic heterocycles. The summed E-state index contributed by atoms with van der Waals surface area (Å²) in [6.45, 7) is 8.45. The van der Waals surface area contributed by atoms with Crippen LogP contribution in [0.1, 0.15) is 45.6 Å². The number of nitriles is 1. The van der Waals surface area contributed by atoms with Crippen molar-refractivity contribution in [3.05, 3.63) is 105 Å². The van der Waals surface area contributed by atoms with Gasteiger partial charge in [0.25, 0.3) is 5.56 Å². The number of para-hydroxylation sites is 1. The minimum absolute atomic E-state index is 0.129. The number of carboxylic acids is 1. The highest BCUT2D eigenvalue weighted by Gasteiger charge is 2.25. The first-order chi connectivity index (χ1) is 20.8. The zero-order chi connectivity index (χ0) is 30.2. The summed E-state index contributed by atoms with van der Waals surface area (Å²) in [5.41, 5.74) is 5.02. The van der Waals surface area contributed by atoms with E-state index in [4.69, 9.17) is 4.98 Å². The molecule has 10 nitrogen and oxygen atoms in total. The summed E-state index contributed by atoms with van der Waals surface area (Å²) in [6, 6.07) is 16.5. The molecule has 1 aliphatic rings. The van der Waals surface area contributed by atoms with Crippen LogP contribution >= 0.6 is 0 Å². The molecule has 5 aromatic rings. The third-order valence-corrected chi connectivity index (χ3v) is 8.12. The van der Waals surface area contributed by atoms with Crippen LogP contribution in [-0.2, 0) is 0 Å². The van der Waals surface area contributed by atoms with Gasteiger partial charge in [-0.25, -0.2) is 9.78 Å². The van der Waals surface area contributed by atoms with Crippen LogP contribution < -0.4 is 20.7 Å². The van der Waals surface area contributed by atoms with Crippen LogP contribution in [0.5, 0.6) is 0 Å². The highest BCUT2D eigenvalue weighted by molar-refractivity contribution is 5.97. The molecule has 216 valence electrons. The van der Waals surface area contributed by atoms with E-state index in [-0.39, 0.29) is 17.2 Å². The number of carboxylic acid groups (broad SMARTS) is 1. The molecule has 0 unspecified atom stereocenters. The summed E-state index contributed by atoms with van der Waals surface area (Å²) in [6.07, 6.45) is 5.28. The molecule has 0 aliphatic carbocycles. The predicted octanol–water partition coefficient (Wildman–Crippen LogP) is 4.93. The van der Waals surface area contributed by atoms with Crippen LogP contribution in [0.25, 0.3) is 16.4 Å². The Morgan fingerprint density at radius 3 is 2.53 bits per heavy atom. The molecule has 0 spiro atoms. The van der Waals surface area contributed by atoms with Gasteiger partial charge in [-0.3, -0.25) is 14.2 Å². The minimum atomic E-state index is -1.01. The summed E-state index contributed by atoms with van der Waals surface area (Å²) in [4.78, 5) is 39.2. The van der Waals surface area contributed by atoms with Crippen LogP contribution in [-0.4, -0.2) is 51.6 Å². The third-order valence-electron chi connectivity index (χ3n) is 8.12. The molecule has 1 saturated heterocycles. The van der Waals surface area contributed by atoms with E-state index in [1.807, 2.05) is 45.0 Å². The Morgan fingerprint density at radius 2 is 1.79 bits per heavy atom. The average Bonchev–Trinajstić information content (AvgIpc) is 3.02. The average molecular weight is 574 g/mol. The molecule has 2 N–H and O–H groups in total. The van der Waals surface area contributed by atoms with Gasteiger partial charge in [0.15, 0.2) is 0 Å². The van der Waals surface area contributed by atoms with Gasteiger partial charge in [0, 0.05) is 72.5 Å². The van der Waals surface area contributed by atoms with Gasteiger partial charge in [-0.15, -0.1) is 0 Å². The lowest BCUT2D eigenvalue weighted by Crippen LogP contribution is -2.47. The van der Waals surface area contributed by atoms with Gasteiger partial charge in [-0.05, 0) is 62.7 Å². The van der Waals surface area contributed by atoms with Crippen molar-refractivity contribution in [2.45, 2.75) is 26.8 Å². The number of hydrogen-bond donors (Lipinski definition) is 2. The maximum atomic E-state index is 13.7. The van der Waals surface area contributed by atoms with Crippen LogP contribution in [0.4, 0.5) is 17.2 Å². The van der Waals surface area contributed by atoms with Crippen molar-refractivity contribution in [2.75, 3.05) is 41.3 Å². The molecule has 2 aromatic carbocycles. The number of pyridine rings is 2. The number of nitrogens with zero attached hydrogens (tertiary/aromatic N) is 6. The van der Waals surface area contributed by atoms with Crippen molar-refractivity contribution in [2.24, 2.45) is 0 Å². The molecule has 0 radical (unpaired) electrons. The Kier molecular flexibility index (Phi) is 7.16. The van der Waals surface area contributed by atoms with Gasteiger partial charge >= 0.3 is 5.97 Å². The largest absolute Gasteiger partial charge is 0.478 e. The highest BCUT2D eigenvalue weighted by Crippen LogP contribution is 2.31. The van der Waals surface area contributed by atoms with Crippen molar-refractivity contribution in [1.82, 2.24) is 14.4 Å². The molecule has 1 atom stereocenters. The molecule has 1 fully saturated rings. The Hall–Kier alpha value is -5.43. The Bertz CT molecular complexity index is 1990. The van der Waals surface area contributed by atoms with Gasteiger partial charge in [0.1, 0.15) is 11.5 Å². The molecule has 10 heteroatoms. The van der Waals surface area contributed by atoms with E-state index in [0.29, 0.717) is 54.5 Å². The lowest BCUT2D eigenvalue weighted by atomic mass is 10.0. The maximum Gasteiger partial charge on any atom is 0.337 e. The first-order valence-corrected chi connectivity index (χ1v) is 14.2. The molecule has 6 rings (SSSR count). The molecule has 0 amide bonds. The molecule has 43 heavy (non-hydrogen) atoms. The van der Waals surface area contributed by atoms with E-state index in [9.17, 15) is 20.0 Å². The van der Waals surface area contributed by atoms with E-state index in [1.54, 1.807) is 47.3 Å². The molecule has 1 aliphatic heterocycles. The van der Waals surface area contributed by atoms with Gasteiger partial charge in [0.05, 0.1) is 28.8 Å². The van der Waals surface area contributed by atoms with E-state index >= 15 is 0 Å². The SMILES string of the molecule is Cc1cc([C@@H](C)Nc2ccccc2C(=O)O)c2nc(N3CCN(c4ccc(C#N)c5cnccc45)CC3)c(C)c(=O)n2c1. The molecule has 0 saturated carbocycles. The zero-order valence-corrected chi connectivity index (χ0v) is 24.2. The van der Waals surface area contributed by atoms with E-state index in [2.05, 4.69) is 26.2 Å². The fourth-order valence-corrected chi connectivity index (χ4v) is 5.92. The number of hydrogen-bond acceptors (Lipinski definition) is 8. The Morgan fingerprint density at radius 1 is 1.05 bits per heavy atom. The van der Waals surface area contributed by atoms with E-state index in [0.717, 1.165) is 27.6 Å². The predicted molar refractivity (Wildman–Crippen MR) is 167 cm³/mol. The fourth-order valence-electron chi connectivity index (χ4n) is 5.92. The maximum absolute atomic E-state index is 13.7. The van der Waals surface area contributed by atoms with Crippen molar-refractivity contribution in [3.63, 3.8) is 0 Å². The second-order valence-electron chi connectivity index (χ2n) is 10.9. The van der Waals surface area contributed by atoms with E-state index < -0.39 is 5.97 Å². The first-order valence-electron chi connectivity index (χ1n) is 14.2. The van der Waals surface area contributed by atoms with Crippen LogP contribution in [0.15, 0.2) is 71.9 Å². The quantitative estimate of drug-likeness (QED) is 0.291. The minimum Gasteiger partial charge on any atom is -0.478 e. The van der Waals surface area contributed by atoms with Gasteiger partial charge in [0.2, 0.25) is 0 Å².